The number of benzene rings is 1. The van der Waals surface area contributed by atoms with Gasteiger partial charge in [0.25, 0.3) is 5.91 Å². The number of hydrogen-bond donors (Lipinski definition) is 3. The van der Waals surface area contributed by atoms with Gasteiger partial charge in [-0.3, -0.25) is 23.9 Å². The Morgan fingerprint density at radius 3 is 2.24 bits per heavy atom. The van der Waals surface area contributed by atoms with Gasteiger partial charge in [0.05, 0.1) is 6.04 Å². The van der Waals surface area contributed by atoms with Gasteiger partial charge in [0.2, 0.25) is 17.7 Å². The lowest BCUT2D eigenvalue weighted by Crippen LogP contribution is -2.50. The molecule has 0 bridgehead atoms. The molecule has 1 aromatic heterocycles. The predicted molar refractivity (Wildman–Crippen MR) is 169 cm³/mol. The summed E-state index contributed by atoms with van der Waals surface area (Å²) < 4.78 is 1.69. The fraction of sp³-hybridized carbons (Fsp3) is 0.629. The van der Waals surface area contributed by atoms with Gasteiger partial charge in [-0.05, 0) is 125 Å². The van der Waals surface area contributed by atoms with Crippen molar-refractivity contribution >= 4 is 29.3 Å². The fourth-order valence-electron chi connectivity index (χ4n) is 7.55. The lowest BCUT2D eigenvalue weighted by Gasteiger charge is -2.32. The molecule has 3 atom stereocenters. The Balaban J connectivity index is 1.03. The number of carbonyl (C=O) groups is 4. The lowest BCUT2D eigenvalue weighted by molar-refractivity contribution is -0.139. The summed E-state index contributed by atoms with van der Waals surface area (Å²) in [5.41, 5.74) is 3.36. The second-order valence-corrected chi connectivity index (χ2v) is 14.3. The minimum atomic E-state index is -0.619. The molecule has 4 amide bonds. The van der Waals surface area contributed by atoms with Crippen LogP contribution in [-0.4, -0.2) is 57.4 Å². The van der Waals surface area contributed by atoms with E-state index in [1.54, 1.807) is 16.9 Å². The molecule has 4 aliphatic carbocycles. The molecule has 3 N–H and O–H groups in total. The third-order valence-electron chi connectivity index (χ3n) is 10.6. The minimum Gasteiger partial charge on any atom is -0.349 e. The predicted octanol–water partition coefficient (Wildman–Crippen LogP) is 4.39. The van der Waals surface area contributed by atoms with Gasteiger partial charge in [0.15, 0.2) is 0 Å². The van der Waals surface area contributed by atoms with Crippen LogP contribution < -0.4 is 16.0 Å². The van der Waals surface area contributed by atoms with Crippen molar-refractivity contribution < 1.29 is 19.2 Å². The molecule has 5 aliphatic rings. The molecule has 10 heteroatoms. The van der Waals surface area contributed by atoms with Crippen molar-refractivity contribution in [3.63, 3.8) is 0 Å². The molecular weight excluding hydrogens is 568 g/mol. The number of nitrogens with one attached hydrogen (secondary N) is 3. The van der Waals surface area contributed by atoms with Crippen LogP contribution in [0.2, 0.25) is 0 Å². The Morgan fingerprint density at radius 2 is 1.62 bits per heavy atom. The number of likely N-dealkylation sites (tertiary alicyclic amines) is 1. The molecule has 45 heavy (non-hydrogen) atoms. The molecule has 2 aromatic rings. The number of amides is 4. The van der Waals surface area contributed by atoms with Crippen LogP contribution in [0.1, 0.15) is 105 Å². The van der Waals surface area contributed by atoms with Crippen LogP contribution in [0, 0.1) is 29.6 Å². The largest absolute Gasteiger partial charge is 0.349 e. The average molecular weight is 615 g/mol. The maximum atomic E-state index is 13.9. The maximum Gasteiger partial charge on any atom is 0.270 e. The third-order valence-corrected chi connectivity index (χ3v) is 10.6. The Bertz CT molecular complexity index is 1460. The summed E-state index contributed by atoms with van der Waals surface area (Å²) in [5, 5.41) is 13.8. The Hall–Kier alpha value is -3.69. The maximum absolute atomic E-state index is 13.9. The number of aryl methyl sites for hydroxylation is 1. The van der Waals surface area contributed by atoms with Crippen LogP contribution in [-0.2, 0) is 20.8 Å². The first-order valence-electron chi connectivity index (χ1n) is 17.1. The van der Waals surface area contributed by atoms with E-state index in [1.165, 1.54) is 0 Å². The standard InChI is InChI=1S/C35H46N6O4/c1-20(2)41-29(14-15-36-41)34(44)39-32(31(22-6-7-22)23-8-9-23)35(45)37-25-11-12-26-24(18-25)10-13-28(26)38-33(43)27(21-4-5-21)19-30(42)40-16-3-17-40/h11-12,14-15,18,20-23,27-28,31-32H,3-10,13,16-17,19H2,1-2H3,(H,37,45)(H,38,43)(H,39,44)/t27-,28-,32+/m1/s1. The zero-order valence-electron chi connectivity index (χ0n) is 26.5. The summed E-state index contributed by atoms with van der Waals surface area (Å²) >= 11 is 0. The van der Waals surface area contributed by atoms with Gasteiger partial charge in [0, 0.05) is 43.4 Å². The van der Waals surface area contributed by atoms with E-state index in [0.29, 0.717) is 35.6 Å². The van der Waals surface area contributed by atoms with Crippen LogP contribution in [0.3, 0.4) is 0 Å². The molecule has 240 valence electrons. The Labute approximate surface area is 265 Å². The number of hydrogen-bond acceptors (Lipinski definition) is 5. The van der Waals surface area contributed by atoms with E-state index in [-0.39, 0.29) is 47.5 Å². The second kappa shape index (κ2) is 12.2. The van der Waals surface area contributed by atoms with Crippen molar-refractivity contribution in [1.29, 1.82) is 0 Å². The fourth-order valence-corrected chi connectivity index (χ4v) is 7.55. The minimum absolute atomic E-state index is 0.00908. The number of fused-ring (bicyclic) bond motifs is 1. The van der Waals surface area contributed by atoms with Gasteiger partial charge in [-0.1, -0.05) is 6.07 Å². The van der Waals surface area contributed by atoms with Crippen molar-refractivity contribution in [2.24, 2.45) is 29.6 Å². The molecule has 7 rings (SSSR count). The van der Waals surface area contributed by atoms with Crippen molar-refractivity contribution in [1.82, 2.24) is 25.3 Å². The number of nitrogens with zero attached hydrogens (tertiary/aromatic N) is 3. The molecule has 1 aromatic carbocycles. The summed E-state index contributed by atoms with van der Waals surface area (Å²) in [7, 11) is 0. The normalized spacial score (nSPS) is 22.0. The summed E-state index contributed by atoms with van der Waals surface area (Å²) in [4.78, 5) is 55.3. The number of rotatable bonds is 13. The first kappa shape index (κ1) is 30.0. The molecule has 0 radical (unpaired) electrons. The molecule has 0 unspecified atom stereocenters. The van der Waals surface area contributed by atoms with E-state index in [0.717, 1.165) is 82.0 Å². The quantitative estimate of drug-likeness (QED) is 0.309. The Morgan fingerprint density at radius 1 is 0.911 bits per heavy atom. The van der Waals surface area contributed by atoms with E-state index >= 15 is 0 Å². The highest BCUT2D eigenvalue weighted by atomic mass is 16.2. The first-order chi connectivity index (χ1) is 21.8. The molecule has 1 aliphatic heterocycles. The molecule has 3 saturated carbocycles. The highest BCUT2D eigenvalue weighted by Gasteiger charge is 2.48. The highest BCUT2D eigenvalue weighted by Crippen LogP contribution is 2.51. The van der Waals surface area contributed by atoms with E-state index < -0.39 is 6.04 Å². The molecule has 1 saturated heterocycles. The summed E-state index contributed by atoms with van der Waals surface area (Å²) in [6, 6.07) is 6.96. The van der Waals surface area contributed by atoms with Crippen LogP contribution in [0.4, 0.5) is 5.69 Å². The average Bonchev–Trinajstić information content (AvgIpc) is 3.89. The van der Waals surface area contributed by atoms with Crippen molar-refractivity contribution in [2.45, 2.75) is 96.2 Å². The first-order valence-corrected chi connectivity index (χ1v) is 17.1. The molecular formula is C35H46N6O4. The van der Waals surface area contributed by atoms with E-state index in [2.05, 4.69) is 21.0 Å². The van der Waals surface area contributed by atoms with E-state index in [4.69, 9.17) is 0 Å². The molecule has 2 heterocycles. The van der Waals surface area contributed by atoms with Crippen LogP contribution in [0.5, 0.6) is 0 Å². The van der Waals surface area contributed by atoms with Gasteiger partial charge in [0.1, 0.15) is 11.7 Å². The summed E-state index contributed by atoms with van der Waals surface area (Å²) in [6.45, 7) is 5.59. The van der Waals surface area contributed by atoms with Gasteiger partial charge >= 0.3 is 0 Å². The van der Waals surface area contributed by atoms with Crippen molar-refractivity contribution in [2.75, 3.05) is 18.4 Å². The van der Waals surface area contributed by atoms with E-state index in [9.17, 15) is 19.2 Å². The topological polar surface area (TPSA) is 125 Å². The SMILES string of the molecule is CC(C)n1nccc1C(=O)N[C@H](C(=O)Nc1ccc2c(c1)CC[C@H]2NC(=O)[C@H](CC(=O)N1CCC1)C1CC1)C(C1CC1)C1CC1. The monoisotopic (exact) mass is 614 g/mol. The second-order valence-electron chi connectivity index (χ2n) is 14.3. The molecule has 4 fully saturated rings. The Kier molecular flexibility index (Phi) is 8.16. The van der Waals surface area contributed by atoms with Gasteiger partial charge in [-0.15, -0.1) is 0 Å². The third kappa shape index (κ3) is 6.51. The van der Waals surface area contributed by atoms with Crippen LogP contribution in [0.25, 0.3) is 0 Å². The van der Waals surface area contributed by atoms with Gasteiger partial charge < -0.3 is 20.9 Å². The molecule has 0 spiro atoms. The lowest BCUT2D eigenvalue weighted by atomic mass is 9.88. The molecule has 10 nitrogen and oxygen atoms in total. The van der Waals surface area contributed by atoms with Gasteiger partial charge in [-0.25, -0.2) is 0 Å². The number of carbonyl (C=O) groups excluding carboxylic acids is 4. The smallest absolute Gasteiger partial charge is 0.270 e. The van der Waals surface area contributed by atoms with Gasteiger partial charge in [-0.2, -0.15) is 5.10 Å². The highest BCUT2D eigenvalue weighted by molar-refractivity contribution is 6.01. The van der Waals surface area contributed by atoms with Crippen molar-refractivity contribution in [3.8, 4) is 0 Å². The zero-order valence-corrected chi connectivity index (χ0v) is 26.5. The van der Waals surface area contributed by atoms with E-state index in [1.807, 2.05) is 36.9 Å². The van der Waals surface area contributed by atoms with Crippen LogP contribution in [0.15, 0.2) is 30.5 Å². The summed E-state index contributed by atoms with van der Waals surface area (Å²) in [5.74, 6) is 0.770. The summed E-state index contributed by atoms with van der Waals surface area (Å²) in [6.07, 6.45) is 11.0. The van der Waals surface area contributed by atoms with Crippen molar-refractivity contribution in [3.05, 3.63) is 47.3 Å². The number of aromatic nitrogens is 2. The number of anilines is 1. The van der Waals surface area contributed by atoms with Crippen LogP contribution >= 0.6 is 0 Å². The zero-order chi connectivity index (χ0) is 31.2.